The highest BCUT2D eigenvalue weighted by atomic mass is 32.1. The number of hydrogen-bond donors (Lipinski definition) is 1. The second-order valence-electron chi connectivity index (χ2n) is 6.65. The summed E-state index contributed by atoms with van der Waals surface area (Å²) in [6, 6.07) is 1.48. The molecule has 0 spiro atoms. The standard InChI is InChI=1S/C16H25N3OS/c1-20-9-8-19(13-6-7-13)16-18-15(11-2-3-11)14(21-16)10-17-12-4-5-12/h11-13,17H,2-10H2,1H3. The maximum atomic E-state index is 5.28. The zero-order valence-electron chi connectivity index (χ0n) is 12.8. The Balaban J connectivity index is 1.50. The van der Waals surface area contributed by atoms with Gasteiger partial charge in [0.1, 0.15) is 0 Å². The Kier molecular flexibility index (Phi) is 3.90. The molecule has 0 atom stereocenters. The number of hydrogen-bond acceptors (Lipinski definition) is 5. The van der Waals surface area contributed by atoms with Gasteiger partial charge in [0.15, 0.2) is 5.13 Å². The van der Waals surface area contributed by atoms with Crippen molar-refractivity contribution in [2.24, 2.45) is 0 Å². The Bertz CT molecular complexity index is 492. The fourth-order valence-electron chi connectivity index (χ4n) is 2.81. The Hall–Kier alpha value is -0.650. The van der Waals surface area contributed by atoms with Crippen molar-refractivity contribution in [1.29, 1.82) is 0 Å². The molecule has 3 saturated carbocycles. The Morgan fingerprint density at radius 2 is 2.05 bits per heavy atom. The zero-order valence-corrected chi connectivity index (χ0v) is 13.6. The molecule has 4 nitrogen and oxygen atoms in total. The van der Waals surface area contributed by atoms with Gasteiger partial charge in [-0.05, 0) is 38.5 Å². The molecule has 3 aliphatic carbocycles. The first kappa shape index (κ1) is 14.0. The average Bonchev–Trinajstić information content (AvgIpc) is 3.35. The van der Waals surface area contributed by atoms with Crippen molar-refractivity contribution in [2.75, 3.05) is 25.2 Å². The zero-order chi connectivity index (χ0) is 14.2. The molecule has 0 aliphatic heterocycles. The first-order valence-electron chi connectivity index (χ1n) is 8.33. The molecule has 0 unspecified atom stereocenters. The molecule has 116 valence electrons. The molecular formula is C16H25N3OS. The quantitative estimate of drug-likeness (QED) is 0.761. The van der Waals surface area contributed by atoms with E-state index in [1.807, 2.05) is 11.3 Å². The van der Waals surface area contributed by atoms with Crippen LogP contribution in [0.5, 0.6) is 0 Å². The second-order valence-corrected chi connectivity index (χ2v) is 7.71. The first-order valence-corrected chi connectivity index (χ1v) is 9.15. The Labute approximate surface area is 130 Å². The average molecular weight is 307 g/mol. The van der Waals surface area contributed by atoms with Crippen LogP contribution in [0.2, 0.25) is 0 Å². The molecule has 1 aromatic heterocycles. The van der Waals surface area contributed by atoms with E-state index in [1.54, 1.807) is 7.11 Å². The summed E-state index contributed by atoms with van der Waals surface area (Å²) in [6.45, 7) is 2.80. The Morgan fingerprint density at radius 1 is 1.24 bits per heavy atom. The van der Waals surface area contributed by atoms with Gasteiger partial charge in [0.2, 0.25) is 0 Å². The van der Waals surface area contributed by atoms with Crippen LogP contribution in [0.4, 0.5) is 5.13 Å². The predicted octanol–water partition coefficient (Wildman–Crippen LogP) is 2.89. The monoisotopic (exact) mass is 307 g/mol. The van der Waals surface area contributed by atoms with Gasteiger partial charge in [-0.25, -0.2) is 4.98 Å². The molecule has 1 N–H and O–H groups in total. The summed E-state index contributed by atoms with van der Waals surface area (Å²) in [4.78, 5) is 9.01. The van der Waals surface area contributed by atoms with Gasteiger partial charge in [-0.3, -0.25) is 0 Å². The summed E-state index contributed by atoms with van der Waals surface area (Å²) in [5.41, 5.74) is 1.39. The van der Waals surface area contributed by atoms with Crippen LogP contribution in [0.3, 0.4) is 0 Å². The van der Waals surface area contributed by atoms with Crippen LogP contribution in [0.15, 0.2) is 0 Å². The van der Waals surface area contributed by atoms with Crippen LogP contribution >= 0.6 is 11.3 Å². The lowest BCUT2D eigenvalue weighted by atomic mass is 10.2. The number of rotatable bonds is 9. The van der Waals surface area contributed by atoms with Crippen molar-refractivity contribution >= 4 is 16.5 Å². The lowest BCUT2D eigenvalue weighted by Gasteiger charge is -2.20. The molecule has 0 amide bonds. The Morgan fingerprint density at radius 3 is 2.67 bits per heavy atom. The van der Waals surface area contributed by atoms with Gasteiger partial charge in [0.05, 0.1) is 12.3 Å². The van der Waals surface area contributed by atoms with E-state index < -0.39 is 0 Å². The number of nitrogens with one attached hydrogen (secondary N) is 1. The van der Waals surface area contributed by atoms with E-state index in [0.717, 1.165) is 31.7 Å². The van der Waals surface area contributed by atoms with Crippen molar-refractivity contribution in [3.05, 3.63) is 10.6 Å². The summed E-state index contributed by atoms with van der Waals surface area (Å²) in [7, 11) is 1.79. The maximum Gasteiger partial charge on any atom is 0.186 e. The summed E-state index contributed by atoms with van der Waals surface area (Å²) >= 11 is 1.92. The van der Waals surface area contributed by atoms with E-state index >= 15 is 0 Å². The molecule has 0 bridgehead atoms. The molecule has 21 heavy (non-hydrogen) atoms. The molecular weight excluding hydrogens is 282 g/mol. The molecule has 4 rings (SSSR count). The van der Waals surface area contributed by atoms with Gasteiger partial charge in [-0.2, -0.15) is 0 Å². The van der Waals surface area contributed by atoms with Crippen molar-refractivity contribution in [1.82, 2.24) is 10.3 Å². The van der Waals surface area contributed by atoms with Crippen LogP contribution in [0.25, 0.3) is 0 Å². The number of methoxy groups -OCH3 is 1. The van der Waals surface area contributed by atoms with E-state index in [1.165, 1.54) is 54.2 Å². The van der Waals surface area contributed by atoms with Gasteiger partial charge in [-0.1, -0.05) is 0 Å². The van der Waals surface area contributed by atoms with Crippen LogP contribution in [-0.2, 0) is 11.3 Å². The minimum atomic E-state index is 0.711. The summed E-state index contributed by atoms with van der Waals surface area (Å²) in [6.07, 6.45) is 8.01. The smallest absolute Gasteiger partial charge is 0.186 e. The maximum absolute atomic E-state index is 5.28. The molecule has 3 aliphatic rings. The highest BCUT2D eigenvalue weighted by Crippen LogP contribution is 2.45. The number of thiazole rings is 1. The molecule has 3 fully saturated rings. The van der Waals surface area contributed by atoms with Crippen LogP contribution in [0.1, 0.15) is 55.0 Å². The van der Waals surface area contributed by atoms with Crippen LogP contribution < -0.4 is 10.2 Å². The number of nitrogens with zero attached hydrogens (tertiary/aromatic N) is 2. The minimum absolute atomic E-state index is 0.711. The van der Waals surface area contributed by atoms with Crippen LogP contribution in [-0.4, -0.2) is 37.3 Å². The van der Waals surface area contributed by atoms with E-state index in [2.05, 4.69) is 10.2 Å². The van der Waals surface area contributed by atoms with Gasteiger partial charge < -0.3 is 15.0 Å². The number of aromatic nitrogens is 1. The van der Waals surface area contributed by atoms with E-state index in [4.69, 9.17) is 9.72 Å². The number of ether oxygens (including phenoxy) is 1. The summed E-state index contributed by atoms with van der Waals surface area (Å²) in [5.74, 6) is 0.745. The highest BCUT2D eigenvalue weighted by Gasteiger charge is 2.35. The molecule has 1 aromatic rings. The van der Waals surface area contributed by atoms with Crippen molar-refractivity contribution in [3.8, 4) is 0 Å². The van der Waals surface area contributed by atoms with E-state index in [-0.39, 0.29) is 0 Å². The van der Waals surface area contributed by atoms with Crippen molar-refractivity contribution < 1.29 is 4.74 Å². The predicted molar refractivity (Wildman–Crippen MR) is 86.2 cm³/mol. The lowest BCUT2D eigenvalue weighted by Crippen LogP contribution is -2.29. The van der Waals surface area contributed by atoms with E-state index in [9.17, 15) is 0 Å². The van der Waals surface area contributed by atoms with Gasteiger partial charge in [-0.15, -0.1) is 11.3 Å². The topological polar surface area (TPSA) is 37.4 Å². The third-order valence-corrected chi connectivity index (χ3v) is 5.69. The van der Waals surface area contributed by atoms with Gasteiger partial charge in [0, 0.05) is 43.1 Å². The second kappa shape index (κ2) is 5.86. The fourth-order valence-corrected chi connectivity index (χ4v) is 4.01. The molecule has 0 radical (unpaired) electrons. The highest BCUT2D eigenvalue weighted by molar-refractivity contribution is 7.15. The van der Waals surface area contributed by atoms with Crippen molar-refractivity contribution in [3.63, 3.8) is 0 Å². The third-order valence-electron chi connectivity index (χ3n) is 4.58. The summed E-state index contributed by atoms with van der Waals surface area (Å²) in [5, 5.41) is 4.90. The first-order chi connectivity index (χ1) is 10.3. The van der Waals surface area contributed by atoms with Gasteiger partial charge in [0.25, 0.3) is 0 Å². The SMILES string of the molecule is COCCN(c1nc(C2CC2)c(CNC2CC2)s1)C1CC1. The molecule has 0 saturated heterocycles. The summed E-state index contributed by atoms with van der Waals surface area (Å²) < 4.78 is 5.28. The normalized spacial score (nSPS) is 21.8. The lowest BCUT2D eigenvalue weighted by molar-refractivity contribution is 0.205. The van der Waals surface area contributed by atoms with Crippen molar-refractivity contribution in [2.45, 2.75) is 63.1 Å². The fraction of sp³-hybridized carbons (Fsp3) is 0.812. The largest absolute Gasteiger partial charge is 0.383 e. The van der Waals surface area contributed by atoms with E-state index in [0.29, 0.717) is 6.04 Å². The number of anilines is 1. The van der Waals surface area contributed by atoms with Gasteiger partial charge >= 0.3 is 0 Å². The third kappa shape index (κ3) is 3.41. The minimum Gasteiger partial charge on any atom is -0.383 e. The molecule has 0 aromatic carbocycles. The van der Waals surface area contributed by atoms with Crippen LogP contribution in [0, 0.1) is 0 Å². The molecule has 5 heteroatoms. The molecule has 1 heterocycles.